The van der Waals surface area contributed by atoms with Gasteiger partial charge in [0.15, 0.2) is 23.7 Å². The smallest absolute Gasteiger partial charge is 0.281 e. The zero-order valence-corrected chi connectivity index (χ0v) is 18.5. The Morgan fingerprint density at radius 3 is 2.62 bits per heavy atom. The summed E-state index contributed by atoms with van der Waals surface area (Å²) in [5.41, 5.74) is 1.92. The normalized spacial score (nSPS) is 21.0. The zero-order valence-electron chi connectivity index (χ0n) is 18.5. The molecule has 0 unspecified atom stereocenters. The van der Waals surface area contributed by atoms with Gasteiger partial charge in [0.05, 0.1) is 6.54 Å². The van der Waals surface area contributed by atoms with Gasteiger partial charge in [-0.15, -0.1) is 0 Å². The van der Waals surface area contributed by atoms with E-state index in [1.54, 1.807) is 4.57 Å². The summed E-state index contributed by atoms with van der Waals surface area (Å²) in [6.07, 6.45) is 0.193. The molecule has 2 aliphatic rings. The molecule has 3 aromatic rings. The van der Waals surface area contributed by atoms with Crippen LogP contribution in [0.3, 0.4) is 0 Å². The van der Waals surface area contributed by atoms with Gasteiger partial charge < -0.3 is 29.6 Å². The highest BCUT2D eigenvalue weighted by Crippen LogP contribution is 2.21. The number of hydrogen-bond acceptors (Lipinski definition) is 8. The van der Waals surface area contributed by atoms with Crippen LogP contribution in [0.1, 0.15) is 12.5 Å². The second-order valence-electron chi connectivity index (χ2n) is 8.25. The first-order valence-electron chi connectivity index (χ1n) is 11.1. The summed E-state index contributed by atoms with van der Waals surface area (Å²) < 4.78 is 12.9. The van der Waals surface area contributed by atoms with Crippen LogP contribution in [0.15, 0.2) is 35.1 Å². The SMILES string of the molecule is CC1OC(CN(C)c2nc3nc(N4CCNCC4)[nH]c3c(=O)n2CCc2ccccc2)O1. The van der Waals surface area contributed by atoms with E-state index in [2.05, 4.69) is 32.3 Å². The highest BCUT2D eigenvalue weighted by atomic mass is 16.9. The van der Waals surface area contributed by atoms with Gasteiger partial charge in [0.25, 0.3) is 5.56 Å². The van der Waals surface area contributed by atoms with Crippen LogP contribution >= 0.6 is 0 Å². The van der Waals surface area contributed by atoms with Gasteiger partial charge in [-0.05, 0) is 18.9 Å². The van der Waals surface area contributed by atoms with Crippen molar-refractivity contribution in [3.8, 4) is 0 Å². The lowest BCUT2D eigenvalue weighted by Crippen LogP contribution is -2.47. The van der Waals surface area contributed by atoms with E-state index in [0.29, 0.717) is 36.2 Å². The van der Waals surface area contributed by atoms with Crippen LogP contribution in [0, 0.1) is 0 Å². The fourth-order valence-electron chi connectivity index (χ4n) is 4.20. The second-order valence-corrected chi connectivity index (χ2v) is 8.25. The number of aryl methyl sites for hydroxylation is 1. The van der Waals surface area contributed by atoms with Crippen LogP contribution in [0.5, 0.6) is 0 Å². The zero-order chi connectivity index (χ0) is 22.1. The number of likely N-dealkylation sites (N-methyl/N-ethyl adjacent to an activating group) is 1. The molecule has 2 aromatic heterocycles. The Labute approximate surface area is 186 Å². The number of fused-ring (bicyclic) bond motifs is 1. The molecular weight excluding hydrogens is 410 g/mol. The minimum Gasteiger partial charge on any atom is -0.340 e. The first-order chi connectivity index (χ1) is 15.6. The minimum atomic E-state index is -0.333. The molecular formula is C22H29N7O3. The highest BCUT2D eigenvalue weighted by molar-refractivity contribution is 5.74. The fourth-order valence-corrected chi connectivity index (χ4v) is 4.20. The summed E-state index contributed by atoms with van der Waals surface area (Å²) in [6, 6.07) is 10.1. The number of nitrogens with zero attached hydrogens (tertiary/aromatic N) is 5. The standard InChI is InChI=1S/C22H29N7O3/c1-15-31-17(32-15)14-27(2)22-26-19-18(24-21(25-19)28-12-9-23-10-13-28)20(30)29(22)11-8-16-6-4-3-5-7-16/h3-7,15,17,23H,8-14H2,1-2H3,(H,24,25). The van der Waals surface area contributed by atoms with Gasteiger partial charge in [0.2, 0.25) is 11.9 Å². The van der Waals surface area contributed by atoms with Crippen LogP contribution in [-0.2, 0) is 22.4 Å². The van der Waals surface area contributed by atoms with Crippen molar-refractivity contribution >= 4 is 23.1 Å². The lowest BCUT2D eigenvalue weighted by molar-refractivity contribution is -0.370. The van der Waals surface area contributed by atoms with E-state index in [4.69, 9.17) is 14.5 Å². The third-order valence-electron chi connectivity index (χ3n) is 5.91. The summed E-state index contributed by atoms with van der Waals surface area (Å²) in [4.78, 5) is 30.2. The van der Waals surface area contributed by atoms with Crippen LogP contribution in [0.2, 0.25) is 0 Å². The average molecular weight is 440 g/mol. The van der Waals surface area contributed by atoms with Crippen molar-refractivity contribution in [1.29, 1.82) is 0 Å². The van der Waals surface area contributed by atoms with Gasteiger partial charge in [0, 0.05) is 39.8 Å². The molecule has 5 rings (SSSR count). The quantitative estimate of drug-likeness (QED) is 0.561. The van der Waals surface area contributed by atoms with Crippen molar-refractivity contribution in [3.63, 3.8) is 0 Å². The molecule has 0 amide bonds. The van der Waals surface area contributed by atoms with E-state index in [0.717, 1.165) is 32.6 Å². The van der Waals surface area contributed by atoms with Crippen molar-refractivity contribution in [2.75, 3.05) is 49.6 Å². The Bertz CT molecular complexity index is 1120. The van der Waals surface area contributed by atoms with Crippen molar-refractivity contribution in [3.05, 3.63) is 46.2 Å². The third kappa shape index (κ3) is 4.21. The largest absolute Gasteiger partial charge is 0.340 e. The second kappa shape index (κ2) is 8.89. The molecule has 0 spiro atoms. The summed E-state index contributed by atoms with van der Waals surface area (Å²) in [5, 5.41) is 3.33. The Hall–Kier alpha value is -2.95. The molecule has 2 saturated heterocycles. The van der Waals surface area contributed by atoms with Crippen LogP contribution in [0.4, 0.5) is 11.9 Å². The Morgan fingerprint density at radius 1 is 1.16 bits per heavy atom. The molecule has 0 radical (unpaired) electrons. The number of ether oxygens (including phenoxy) is 2. The lowest BCUT2D eigenvalue weighted by atomic mass is 10.1. The minimum absolute atomic E-state index is 0.120. The van der Waals surface area contributed by atoms with Gasteiger partial charge in [-0.3, -0.25) is 9.36 Å². The summed E-state index contributed by atoms with van der Waals surface area (Å²) in [7, 11) is 1.90. The first-order valence-corrected chi connectivity index (χ1v) is 11.1. The number of imidazole rings is 1. The predicted molar refractivity (Wildman–Crippen MR) is 122 cm³/mol. The molecule has 0 saturated carbocycles. The van der Waals surface area contributed by atoms with Gasteiger partial charge in [-0.1, -0.05) is 30.3 Å². The number of aromatic nitrogens is 4. The van der Waals surface area contributed by atoms with Gasteiger partial charge >= 0.3 is 0 Å². The topological polar surface area (TPSA) is 101 Å². The first kappa shape index (κ1) is 20.9. The van der Waals surface area contributed by atoms with E-state index in [1.807, 2.05) is 37.1 Å². The van der Waals surface area contributed by atoms with Crippen LogP contribution < -0.4 is 20.7 Å². The summed E-state index contributed by atoms with van der Waals surface area (Å²) >= 11 is 0. The van der Waals surface area contributed by atoms with Crippen LogP contribution in [-0.4, -0.2) is 71.9 Å². The predicted octanol–water partition coefficient (Wildman–Crippen LogP) is 0.927. The van der Waals surface area contributed by atoms with Crippen molar-refractivity contribution in [1.82, 2.24) is 24.8 Å². The maximum absolute atomic E-state index is 13.5. The molecule has 32 heavy (non-hydrogen) atoms. The maximum atomic E-state index is 13.5. The van der Waals surface area contributed by atoms with E-state index in [9.17, 15) is 4.79 Å². The molecule has 0 atom stereocenters. The number of H-pyrrole nitrogens is 1. The molecule has 4 heterocycles. The molecule has 2 N–H and O–H groups in total. The van der Waals surface area contributed by atoms with E-state index in [1.165, 1.54) is 5.56 Å². The van der Waals surface area contributed by atoms with Gasteiger partial charge in [0.1, 0.15) is 0 Å². The average Bonchev–Trinajstić information content (AvgIpc) is 3.23. The Kier molecular flexibility index (Phi) is 5.81. The molecule has 10 nitrogen and oxygen atoms in total. The number of benzene rings is 1. The van der Waals surface area contributed by atoms with E-state index < -0.39 is 0 Å². The maximum Gasteiger partial charge on any atom is 0.281 e. The molecule has 1 aromatic carbocycles. The number of rotatable bonds is 7. The van der Waals surface area contributed by atoms with Crippen molar-refractivity contribution in [2.24, 2.45) is 0 Å². The van der Waals surface area contributed by atoms with Gasteiger partial charge in [-0.2, -0.15) is 9.97 Å². The lowest BCUT2D eigenvalue weighted by Gasteiger charge is -2.36. The highest BCUT2D eigenvalue weighted by Gasteiger charge is 2.29. The number of nitrogens with one attached hydrogen (secondary N) is 2. The van der Waals surface area contributed by atoms with Gasteiger partial charge in [-0.25, -0.2) is 0 Å². The monoisotopic (exact) mass is 439 g/mol. The molecule has 2 aliphatic heterocycles. The number of anilines is 2. The van der Waals surface area contributed by atoms with E-state index >= 15 is 0 Å². The van der Waals surface area contributed by atoms with E-state index in [-0.39, 0.29) is 18.1 Å². The number of hydrogen-bond donors (Lipinski definition) is 2. The molecule has 10 heteroatoms. The number of aromatic amines is 1. The summed E-state index contributed by atoms with van der Waals surface area (Å²) in [5.74, 6) is 1.25. The van der Waals surface area contributed by atoms with Crippen molar-refractivity contribution in [2.45, 2.75) is 32.5 Å². The van der Waals surface area contributed by atoms with Crippen LogP contribution in [0.25, 0.3) is 11.2 Å². The third-order valence-corrected chi connectivity index (χ3v) is 5.91. The van der Waals surface area contributed by atoms with Crippen molar-refractivity contribution < 1.29 is 9.47 Å². The Morgan fingerprint density at radius 2 is 1.91 bits per heavy atom. The summed E-state index contributed by atoms with van der Waals surface area (Å²) in [6.45, 7) is 6.29. The molecule has 0 aliphatic carbocycles. The number of piperazine rings is 1. The molecule has 2 fully saturated rings. The molecule has 170 valence electrons. The molecule has 0 bridgehead atoms. The fraction of sp³-hybridized carbons (Fsp3) is 0.500. The Balaban J connectivity index is 1.49.